The Hall–Kier alpha value is -3.94. The first-order chi connectivity index (χ1) is 27.5. The number of rotatable bonds is 8. The van der Waals surface area contributed by atoms with Crippen molar-refractivity contribution in [2.75, 3.05) is 0 Å². The number of benzene rings is 4. The van der Waals surface area contributed by atoms with Gasteiger partial charge in [0, 0.05) is 0 Å². The van der Waals surface area contributed by atoms with Gasteiger partial charge in [-0.3, -0.25) is 20.0 Å². The molecule has 6 aromatic rings. The van der Waals surface area contributed by atoms with E-state index in [0.29, 0.717) is 0 Å². The number of halogens is 4. The van der Waals surface area contributed by atoms with Crippen LogP contribution in [-0.2, 0) is 32.7 Å². The fraction of sp³-hybridized carbons (Fsp3) is 0.156. The maximum absolute atomic E-state index is 4.98. The van der Waals surface area contributed by atoms with Crippen LogP contribution in [0.4, 0.5) is 22.7 Å². The van der Waals surface area contributed by atoms with Gasteiger partial charge in [-0.25, -0.2) is 9.97 Å². The molecule has 7 rings (SSSR count). The maximum atomic E-state index is 4.98. The van der Waals surface area contributed by atoms with Crippen molar-refractivity contribution in [3.8, 4) is 11.1 Å². The van der Waals surface area contributed by atoms with E-state index < -0.39 is 0 Å². The van der Waals surface area contributed by atoms with Gasteiger partial charge < -0.3 is 0 Å². The summed E-state index contributed by atoms with van der Waals surface area (Å²) in [5.74, 6) is 0. The molecule has 0 amide bonds. The van der Waals surface area contributed by atoms with Crippen LogP contribution in [0.2, 0.25) is 0 Å². The van der Waals surface area contributed by atoms with E-state index in [-0.39, 0.29) is 26.3 Å². The number of nitrogens with zero attached hydrogens (tertiary/aromatic N) is 6. The molecule has 1 aliphatic carbocycles. The summed E-state index contributed by atoms with van der Waals surface area (Å²) in [7, 11) is 19.1. The molecule has 0 unspecified atom stereocenters. The summed E-state index contributed by atoms with van der Waals surface area (Å²) in [4.78, 5) is 29.4. The summed E-state index contributed by atoms with van der Waals surface area (Å²) in [5, 5.41) is 0. The fourth-order valence-electron chi connectivity index (χ4n) is 6.35. The second-order valence-electron chi connectivity index (χ2n) is 13.1. The Balaban J connectivity index is 0.000000973. The van der Waals surface area contributed by atoms with E-state index in [4.69, 9.17) is 70.3 Å². The van der Waals surface area contributed by atoms with Crippen LogP contribution in [0.25, 0.3) is 11.1 Å². The zero-order valence-corrected chi connectivity index (χ0v) is 37.4. The van der Waals surface area contributed by atoms with Gasteiger partial charge in [-0.15, -0.1) is 0 Å². The zero-order valence-electron chi connectivity index (χ0n) is 32.2. The van der Waals surface area contributed by atoms with E-state index in [1.807, 2.05) is 100 Å². The molecular weight excluding hydrogens is 878 g/mol. The quantitative estimate of drug-likeness (QED) is 0.112. The Kier molecular flexibility index (Phi) is 16.8. The van der Waals surface area contributed by atoms with Crippen molar-refractivity contribution in [3.05, 3.63) is 166 Å². The summed E-state index contributed by atoms with van der Waals surface area (Å²) >= 11 is 0.389. The predicted molar refractivity (Wildman–Crippen MR) is 236 cm³/mol. The van der Waals surface area contributed by atoms with Crippen molar-refractivity contribution in [2.24, 2.45) is 20.0 Å². The minimum absolute atomic E-state index is 0.194. The molecular formula is C45H40Cl4Fe2N6. The van der Waals surface area contributed by atoms with Crippen LogP contribution in [0.1, 0.15) is 72.7 Å². The average molecular weight is 918 g/mol. The fourth-order valence-corrected chi connectivity index (χ4v) is 6.35. The second kappa shape index (κ2) is 21.7. The molecule has 12 heteroatoms. The van der Waals surface area contributed by atoms with Crippen molar-refractivity contribution in [1.29, 1.82) is 0 Å². The molecule has 0 N–H and O–H groups in total. The Morgan fingerprint density at radius 3 is 1.14 bits per heavy atom. The molecule has 0 bridgehead atoms. The number of fused-ring (bicyclic) bond motifs is 3. The Morgan fingerprint density at radius 1 is 0.456 bits per heavy atom. The van der Waals surface area contributed by atoms with Crippen LogP contribution in [0, 0.1) is 13.8 Å². The molecule has 4 aromatic carbocycles. The summed E-state index contributed by atoms with van der Waals surface area (Å²) < 4.78 is 0. The van der Waals surface area contributed by atoms with E-state index in [1.165, 1.54) is 22.3 Å². The van der Waals surface area contributed by atoms with Gasteiger partial charge in [0.1, 0.15) is 0 Å². The van der Waals surface area contributed by atoms with Gasteiger partial charge in [-0.1, -0.05) is 60.7 Å². The second-order valence-corrected chi connectivity index (χ2v) is 16.8. The number of para-hydroxylation sites is 2. The third-order valence-electron chi connectivity index (χ3n) is 9.23. The van der Waals surface area contributed by atoms with Crippen molar-refractivity contribution >= 4 is 86.0 Å². The topological polar surface area (TPSA) is 75.2 Å². The molecule has 0 saturated heterocycles. The number of aromatic nitrogens is 2. The Morgan fingerprint density at radius 2 is 0.789 bits per heavy atom. The van der Waals surface area contributed by atoms with Crippen LogP contribution in [-0.4, -0.2) is 32.8 Å². The molecule has 294 valence electrons. The first kappa shape index (κ1) is 44.2. The normalized spacial score (nSPS) is 12.7. The van der Waals surface area contributed by atoms with E-state index >= 15 is 0 Å². The van der Waals surface area contributed by atoms with Gasteiger partial charge in [-0.2, -0.15) is 0 Å². The van der Waals surface area contributed by atoms with Gasteiger partial charge in [-0.05, 0) is 142 Å². The van der Waals surface area contributed by atoms with Crippen LogP contribution < -0.4 is 0 Å². The molecule has 0 aliphatic heterocycles. The standard InChI is InChI=1S/C45H40N6.4ClH.2Fe/c1-28-13-7-9-15-40(28)48-32(5)44-19-11-17-42(50-44)30(3)46-36-21-23-38-34(26-36)25-35-27-37(22-24-39(35)38)47-31(4)43-18-12-20-45(51-43)33(6)49-41-16-10-8-14-29(41)2;;;;;;/h7-24,26-27H,25H2,1-6H3;4*1H;;/q;;;;;2*+2/p-4. The Labute approximate surface area is 364 Å². The number of hydrogen-bond donors (Lipinski definition) is 0. The van der Waals surface area contributed by atoms with Crippen molar-refractivity contribution in [3.63, 3.8) is 0 Å². The van der Waals surface area contributed by atoms with E-state index in [2.05, 4.69) is 62.4 Å². The molecule has 0 saturated carbocycles. The van der Waals surface area contributed by atoms with Gasteiger partial charge in [0.2, 0.25) is 0 Å². The molecule has 0 radical (unpaired) electrons. The van der Waals surface area contributed by atoms with Crippen LogP contribution in [0.5, 0.6) is 0 Å². The molecule has 2 heterocycles. The van der Waals surface area contributed by atoms with Gasteiger partial charge in [0.15, 0.2) is 0 Å². The van der Waals surface area contributed by atoms with Crippen LogP contribution >= 0.6 is 40.4 Å². The minimum atomic E-state index is 0.194. The first-order valence-electron chi connectivity index (χ1n) is 17.8. The van der Waals surface area contributed by atoms with Crippen molar-refractivity contribution < 1.29 is 26.3 Å². The van der Waals surface area contributed by atoms with Crippen LogP contribution in [0.3, 0.4) is 0 Å². The predicted octanol–water partition coefficient (Wildman–Crippen LogP) is 14.0. The van der Waals surface area contributed by atoms with E-state index in [9.17, 15) is 0 Å². The van der Waals surface area contributed by atoms with Gasteiger partial charge in [0.05, 0.1) is 68.4 Å². The van der Waals surface area contributed by atoms with Crippen molar-refractivity contribution in [2.45, 2.75) is 48.0 Å². The summed E-state index contributed by atoms with van der Waals surface area (Å²) in [5.41, 5.74) is 17.8. The molecule has 0 atom stereocenters. The first-order valence-corrected chi connectivity index (χ1v) is 23.9. The summed E-state index contributed by atoms with van der Waals surface area (Å²) in [6.07, 6.45) is 0.833. The number of aryl methyl sites for hydroxylation is 2. The summed E-state index contributed by atoms with van der Waals surface area (Å²) in [6.45, 7) is 12.2. The third kappa shape index (κ3) is 12.0. The summed E-state index contributed by atoms with van der Waals surface area (Å²) in [6, 6.07) is 41.2. The van der Waals surface area contributed by atoms with Gasteiger partial charge in [0.25, 0.3) is 0 Å². The molecule has 0 spiro atoms. The van der Waals surface area contributed by atoms with E-state index in [1.54, 1.807) is 0 Å². The van der Waals surface area contributed by atoms with E-state index in [0.717, 1.165) is 85.9 Å². The van der Waals surface area contributed by atoms with Crippen LogP contribution in [0.15, 0.2) is 141 Å². The molecule has 1 aliphatic rings. The third-order valence-corrected chi connectivity index (χ3v) is 9.23. The number of hydrogen-bond acceptors (Lipinski definition) is 6. The monoisotopic (exact) mass is 916 g/mol. The molecule has 2 aromatic heterocycles. The Bertz CT molecular complexity index is 2310. The van der Waals surface area contributed by atoms with Gasteiger partial charge >= 0.3 is 66.7 Å². The van der Waals surface area contributed by atoms with Crippen molar-refractivity contribution in [1.82, 2.24) is 9.97 Å². The number of aliphatic imine (C=N–C) groups is 4. The SMILES string of the molecule is CC(=Nc1ccc2c(c1)Cc1cc(N=C(C)c3cccc(C(C)=Nc4ccccc4C)n3)ccc1-2)c1cccc(C(C)=Nc2ccccc2C)n1.[Cl][Fe][Cl].[Cl][Fe][Cl]. The zero-order chi connectivity index (χ0) is 40.9. The molecule has 57 heavy (non-hydrogen) atoms. The average Bonchev–Trinajstić information content (AvgIpc) is 3.57. The molecule has 0 fully saturated rings. The molecule has 6 nitrogen and oxygen atoms in total. The number of pyridine rings is 2.